The summed E-state index contributed by atoms with van der Waals surface area (Å²) in [6.07, 6.45) is 0.883. The first kappa shape index (κ1) is 14.6. The van der Waals surface area contributed by atoms with Crippen LogP contribution in [0.4, 0.5) is 0 Å². The van der Waals surface area contributed by atoms with E-state index in [-0.39, 0.29) is 32.1 Å². The zero-order valence-corrected chi connectivity index (χ0v) is 12.5. The number of carboxylic acid groups (broad SMARTS) is 1. The standard InChI is InChI=1S/C13H11Cl3O3/c1-4-3-6(4)8-10(14)9(13(18)19)7(5(2)17)11(15)12(8)16/h4,6H,3H2,1-2H3,(H,18,19)/t4-,6-/m1/s1. The molecule has 0 amide bonds. The molecule has 1 saturated carbocycles. The van der Waals surface area contributed by atoms with Gasteiger partial charge < -0.3 is 5.11 Å². The van der Waals surface area contributed by atoms with E-state index in [1.165, 1.54) is 6.92 Å². The molecule has 2 rings (SSSR count). The molecule has 0 saturated heterocycles. The highest BCUT2D eigenvalue weighted by atomic mass is 35.5. The number of benzene rings is 1. The Balaban J connectivity index is 2.80. The maximum absolute atomic E-state index is 11.6. The Bertz CT molecular complexity index is 596. The van der Waals surface area contributed by atoms with Gasteiger partial charge in [0, 0.05) is 0 Å². The lowest BCUT2D eigenvalue weighted by atomic mass is 9.98. The van der Waals surface area contributed by atoms with Gasteiger partial charge in [-0.1, -0.05) is 41.7 Å². The fraction of sp³-hybridized carbons (Fsp3) is 0.385. The summed E-state index contributed by atoms with van der Waals surface area (Å²) < 4.78 is 0. The van der Waals surface area contributed by atoms with Crippen molar-refractivity contribution in [1.29, 1.82) is 0 Å². The van der Waals surface area contributed by atoms with Gasteiger partial charge >= 0.3 is 5.97 Å². The van der Waals surface area contributed by atoms with Crippen LogP contribution in [0.5, 0.6) is 0 Å². The van der Waals surface area contributed by atoms with Gasteiger partial charge in [0.1, 0.15) is 0 Å². The van der Waals surface area contributed by atoms with E-state index in [0.29, 0.717) is 11.5 Å². The van der Waals surface area contributed by atoms with Gasteiger partial charge in [-0.15, -0.1) is 0 Å². The molecule has 0 heterocycles. The number of rotatable bonds is 3. The molecule has 1 aliphatic carbocycles. The normalized spacial score (nSPS) is 21.3. The second-order valence-corrected chi connectivity index (χ2v) is 5.92. The van der Waals surface area contributed by atoms with Crippen LogP contribution in [0.25, 0.3) is 0 Å². The molecule has 1 aromatic carbocycles. The Kier molecular flexibility index (Phi) is 3.83. The van der Waals surface area contributed by atoms with E-state index in [4.69, 9.17) is 34.8 Å². The van der Waals surface area contributed by atoms with Crippen molar-refractivity contribution in [2.24, 2.45) is 5.92 Å². The number of carbonyl (C=O) groups excluding carboxylic acids is 1. The first-order valence-corrected chi connectivity index (χ1v) is 6.85. The lowest BCUT2D eigenvalue weighted by Crippen LogP contribution is -2.10. The largest absolute Gasteiger partial charge is 0.478 e. The van der Waals surface area contributed by atoms with Gasteiger partial charge in [0.2, 0.25) is 0 Å². The zero-order valence-electron chi connectivity index (χ0n) is 10.3. The molecule has 0 aromatic heterocycles. The Morgan fingerprint density at radius 2 is 1.63 bits per heavy atom. The predicted molar refractivity (Wildman–Crippen MR) is 75.0 cm³/mol. The summed E-state index contributed by atoms with van der Waals surface area (Å²) in [5.41, 5.74) is 0.169. The SMILES string of the molecule is CC(=O)c1c(Cl)c(Cl)c([C@@H]2C[C@H]2C)c(Cl)c1C(=O)O. The summed E-state index contributed by atoms with van der Waals surface area (Å²) >= 11 is 18.4. The molecule has 1 aliphatic rings. The molecule has 0 aliphatic heterocycles. The molecular formula is C13H11Cl3O3. The summed E-state index contributed by atoms with van der Waals surface area (Å²) in [5.74, 6) is -1.25. The van der Waals surface area contributed by atoms with Crippen molar-refractivity contribution in [1.82, 2.24) is 0 Å². The average molecular weight is 322 g/mol. The molecule has 0 bridgehead atoms. The lowest BCUT2D eigenvalue weighted by molar-refractivity contribution is 0.0692. The third kappa shape index (κ3) is 2.35. The Labute approximate surface area is 125 Å². The number of aromatic carboxylic acids is 1. The van der Waals surface area contributed by atoms with E-state index in [1.54, 1.807) is 0 Å². The van der Waals surface area contributed by atoms with Gasteiger partial charge in [-0.2, -0.15) is 0 Å². The minimum Gasteiger partial charge on any atom is -0.478 e. The second-order valence-electron chi connectivity index (χ2n) is 4.79. The van der Waals surface area contributed by atoms with Crippen LogP contribution < -0.4 is 0 Å². The Morgan fingerprint density at radius 1 is 1.11 bits per heavy atom. The highest BCUT2D eigenvalue weighted by Crippen LogP contribution is 2.54. The highest BCUT2D eigenvalue weighted by molar-refractivity contribution is 6.47. The van der Waals surface area contributed by atoms with E-state index in [2.05, 4.69) is 0 Å². The maximum atomic E-state index is 11.6. The van der Waals surface area contributed by atoms with Crippen molar-refractivity contribution in [2.75, 3.05) is 0 Å². The smallest absolute Gasteiger partial charge is 0.338 e. The summed E-state index contributed by atoms with van der Waals surface area (Å²) in [4.78, 5) is 22.9. The van der Waals surface area contributed by atoms with Crippen molar-refractivity contribution in [3.8, 4) is 0 Å². The summed E-state index contributed by atoms with van der Waals surface area (Å²) in [7, 11) is 0. The van der Waals surface area contributed by atoms with E-state index < -0.39 is 11.8 Å². The molecule has 3 nitrogen and oxygen atoms in total. The second kappa shape index (κ2) is 4.97. The minimum absolute atomic E-state index is 0.0231. The molecule has 0 radical (unpaired) electrons. The number of carbonyl (C=O) groups is 2. The fourth-order valence-corrected chi connectivity index (χ4v) is 3.38. The summed E-state index contributed by atoms with van der Waals surface area (Å²) in [6.45, 7) is 3.25. The predicted octanol–water partition coefficient (Wildman–Crippen LogP) is 4.67. The molecule has 1 aromatic rings. The van der Waals surface area contributed by atoms with Crippen LogP contribution in [0.15, 0.2) is 0 Å². The van der Waals surface area contributed by atoms with Crippen LogP contribution in [0, 0.1) is 5.92 Å². The molecule has 2 atom stereocenters. The van der Waals surface area contributed by atoms with Crippen molar-refractivity contribution < 1.29 is 14.7 Å². The molecule has 1 N–H and O–H groups in total. The molecule has 19 heavy (non-hydrogen) atoms. The summed E-state index contributed by atoms with van der Waals surface area (Å²) in [5, 5.41) is 9.46. The van der Waals surface area contributed by atoms with Gasteiger partial charge in [0.25, 0.3) is 0 Å². The number of hydrogen-bond acceptors (Lipinski definition) is 2. The van der Waals surface area contributed by atoms with Crippen molar-refractivity contribution in [2.45, 2.75) is 26.2 Å². The monoisotopic (exact) mass is 320 g/mol. The third-order valence-electron chi connectivity index (χ3n) is 3.40. The minimum atomic E-state index is -1.27. The van der Waals surface area contributed by atoms with Crippen LogP contribution in [0.2, 0.25) is 15.1 Å². The van der Waals surface area contributed by atoms with Crippen LogP contribution in [-0.4, -0.2) is 16.9 Å². The number of Topliss-reactive ketones (excluding diaryl/α,β-unsaturated/α-hetero) is 1. The van der Waals surface area contributed by atoms with Gasteiger partial charge in [-0.25, -0.2) is 4.79 Å². The van der Waals surface area contributed by atoms with Crippen molar-refractivity contribution in [3.63, 3.8) is 0 Å². The highest BCUT2D eigenvalue weighted by Gasteiger charge is 2.40. The Morgan fingerprint density at radius 3 is 2.00 bits per heavy atom. The van der Waals surface area contributed by atoms with Crippen LogP contribution >= 0.6 is 34.8 Å². The van der Waals surface area contributed by atoms with Crippen molar-refractivity contribution >= 4 is 46.6 Å². The lowest BCUT2D eigenvalue weighted by Gasteiger charge is -2.15. The van der Waals surface area contributed by atoms with E-state index >= 15 is 0 Å². The zero-order chi connectivity index (χ0) is 14.5. The first-order valence-electron chi connectivity index (χ1n) is 5.71. The molecule has 102 valence electrons. The first-order chi connectivity index (χ1) is 8.77. The molecule has 1 fully saturated rings. The van der Waals surface area contributed by atoms with Gasteiger partial charge in [0.15, 0.2) is 5.78 Å². The number of halogens is 3. The maximum Gasteiger partial charge on any atom is 0.338 e. The number of carboxylic acids is 1. The quantitative estimate of drug-likeness (QED) is 0.650. The van der Waals surface area contributed by atoms with Crippen LogP contribution in [-0.2, 0) is 0 Å². The van der Waals surface area contributed by atoms with Gasteiger partial charge in [0.05, 0.1) is 26.2 Å². The van der Waals surface area contributed by atoms with E-state index in [1.807, 2.05) is 6.92 Å². The molecule has 0 unspecified atom stereocenters. The van der Waals surface area contributed by atoms with E-state index in [9.17, 15) is 14.7 Å². The Hall–Kier alpha value is -0.770. The fourth-order valence-electron chi connectivity index (χ4n) is 2.26. The topological polar surface area (TPSA) is 54.4 Å². The molecule has 6 heteroatoms. The van der Waals surface area contributed by atoms with Crippen LogP contribution in [0.3, 0.4) is 0 Å². The molecule has 0 spiro atoms. The van der Waals surface area contributed by atoms with Crippen LogP contribution in [0.1, 0.15) is 52.5 Å². The van der Waals surface area contributed by atoms with Gasteiger partial charge in [-0.05, 0) is 30.7 Å². The van der Waals surface area contributed by atoms with E-state index in [0.717, 1.165) is 6.42 Å². The third-order valence-corrected chi connectivity index (χ3v) is 4.66. The van der Waals surface area contributed by atoms with Crippen molar-refractivity contribution in [3.05, 3.63) is 31.8 Å². The average Bonchev–Trinajstić information content (AvgIpc) is 2.99. The number of ketones is 1. The van der Waals surface area contributed by atoms with Gasteiger partial charge in [-0.3, -0.25) is 4.79 Å². The molecular weight excluding hydrogens is 310 g/mol. The number of hydrogen-bond donors (Lipinski definition) is 1. The summed E-state index contributed by atoms with van der Waals surface area (Å²) in [6, 6.07) is 0.